The van der Waals surface area contributed by atoms with Crippen LogP contribution in [0.4, 0.5) is 0 Å². The van der Waals surface area contributed by atoms with Gasteiger partial charge in [0.15, 0.2) is 0 Å². The van der Waals surface area contributed by atoms with Crippen molar-refractivity contribution in [1.29, 1.82) is 0 Å². The molecular formula is H11Na3O8Si2. The minimum atomic E-state index is -4.61. The molecule has 0 heterocycles. The molecule has 0 spiro atoms. The van der Waals surface area contributed by atoms with Crippen molar-refractivity contribution >= 4 is 18.1 Å². The molecule has 0 aliphatic heterocycles. The van der Waals surface area contributed by atoms with E-state index in [2.05, 4.69) is 0 Å². The third kappa shape index (κ3) is 268. The van der Waals surface area contributed by atoms with Crippen molar-refractivity contribution in [1.82, 2.24) is 0 Å². The molecule has 8 nitrogen and oxygen atoms in total. The largest absolute Gasteiger partial charge is 1.00 e. The third-order valence-electron chi connectivity index (χ3n) is 0. The molecule has 70 valence electrons. The van der Waals surface area contributed by atoms with Crippen LogP contribution in [0.15, 0.2) is 0 Å². The van der Waals surface area contributed by atoms with Crippen LogP contribution in [0.25, 0.3) is 0 Å². The Labute approximate surface area is 147 Å². The molecule has 0 saturated carbocycles. The normalized spacial score (nSPS) is 9.23. The number of hydrogen-bond donors (Lipinski definition) is 8. The summed E-state index contributed by atoms with van der Waals surface area (Å²) in [5.74, 6) is 0. The second-order valence-corrected chi connectivity index (χ2v) is 3.60. The van der Waals surface area contributed by atoms with Crippen molar-refractivity contribution in [3.63, 3.8) is 0 Å². The van der Waals surface area contributed by atoms with Crippen LogP contribution < -0.4 is 88.7 Å². The van der Waals surface area contributed by atoms with Gasteiger partial charge in [-0.3, -0.25) is 0 Å². The average molecular weight is 264 g/mol. The summed E-state index contributed by atoms with van der Waals surface area (Å²) in [6.45, 7) is 0. The Balaban J connectivity index is -0.00000000970. The Morgan fingerprint density at radius 2 is 0.462 bits per heavy atom. The van der Waals surface area contributed by atoms with E-state index in [1.165, 1.54) is 0 Å². The molecule has 0 aromatic rings. The van der Waals surface area contributed by atoms with Gasteiger partial charge in [-0.05, 0) is 0 Å². The van der Waals surface area contributed by atoms with E-state index in [1.54, 1.807) is 0 Å². The monoisotopic (exact) mass is 264 g/mol. The molecule has 0 aromatic heterocycles. The molecule has 0 bridgehead atoms. The van der Waals surface area contributed by atoms with E-state index < -0.39 is 18.1 Å². The minimum Gasteiger partial charge on any atom is -1.00 e. The molecule has 0 fully saturated rings. The second-order valence-electron chi connectivity index (χ2n) is 1.20. The first-order chi connectivity index (χ1) is 4.00. The molecule has 0 radical (unpaired) electrons. The number of hydrogen-bond acceptors (Lipinski definition) is 8. The first-order valence-electron chi connectivity index (χ1n) is 1.79. The quantitative estimate of drug-likeness (QED) is 0.200. The van der Waals surface area contributed by atoms with Crippen LogP contribution in [0.3, 0.4) is 0 Å². The first-order valence-corrected chi connectivity index (χ1v) is 5.37. The Hall–Kier alpha value is 3.11. The van der Waals surface area contributed by atoms with Crippen molar-refractivity contribution in [2.75, 3.05) is 0 Å². The zero-order valence-corrected chi connectivity index (χ0v) is 15.6. The first kappa shape index (κ1) is 29.8. The van der Waals surface area contributed by atoms with Gasteiger partial charge >= 0.3 is 107 Å². The molecule has 0 aliphatic carbocycles. The summed E-state index contributed by atoms with van der Waals surface area (Å²) >= 11 is 0. The van der Waals surface area contributed by atoms with E-state index >= 15 is 0 Å². The third-order valence-corrected chi connectivity index (χ3v) is 0. The molecule has 0 rings (SSSR count). The summed E-state index contributed by atoms with van der Waals surface area (Å²) < 4.78 is 0. The van der Waals surface area contributed by atoms with Crippen LogP contribution >= 0.6 is 0 Å². The molecule has 0 atom stereocenters. The fraction of sp³-hybridized carbons (Fsp3) is 0. The van der Waals surface area contributed by atoms with Gasteiger partial charge in [-0.1, -0.05) is 0 Å². The van der Waals surface area contributed by atoms with Crippen molar-refractivity contribution in [3.8, 4) is 0 Å². The average Bonchev–Trinajstić information content (AvgIpc) is 1.12. The van der Waals surface area contributed by atoms with Gasteiger partial charge in [-0.2, -0.15) is 0 Å². The summed E-state index contributed by atoms with van der Waals surface area (Å²) in [5, 5.41) is 0. The summed E-state index contributed by atoms with van der Waals surface area (Å²) in [4.78, 5) is 58.6. The zero-order valence-electron chi connectivity index (χ0n) is 10.6. The van der Waals surface area contributed by atoms with Crippen LogP contribution in [-0.2, 0) is 0 Å². The molecule has 0 saturated heterocycles. The predicted molar refractivity (Wildman–Crippen MR) is 32.6 cm³/mol. The van der Waals surface area contributed by atoms with E-state index in [4.69, 9.17) is 38.4 Å². The summed E-state index contributed by atoms with van der Waals surface area (Å²) in [6.07, 6.45) is 0. The van der Waals surface area contributed by atoms with Crippen LogP contribution in [0, 0.1) is 0 Å². The van der Waals surface area contributed by atoms with Crippen molar-refractivity contribution in [3.05, 3.63) is 0 Å². The smallest absolute Gasteiger partial charge is 1.00 e. The number of rotatable bonds is 0. The maximum absolute atomic E-state index is 7.33. The Morgan fingerprint density at radius 3 is 0.462 bits per heavy atom. The molecule has 13 heavy (non-hydrogen) atoms. The molecule has 0 amide bonds. The van der Waals surface area contributed by atoms with Gasteiger partial charge < -0.3 is 42.6 Å². The van der Waals surface area contributed by atoms with Gasteiger partial charge in [0.05, 0.1) is 0 Å². The van der Waals surface area contributed by atoms with Crippen molar-refractivity contribution < 1.29 is 131 Å². The SMILES string of the molecule is O[Si](O)(O)O.O[Si](O)(O)O.[H-].[H-].[H-].[Na+].[Na+].[Na+]. The second kappa shape index (κ2) is 13.2. The molecule has 13 heteroatoms. The van der Waals surface area contributed by atoms with Crippen LogP contribution in [0.5, 0.6) is 0 Å². The van der Waals surface area contributed by atoms with Gasteiger partial charge in [-0.25, -0.2) is 0 Å². The van der Waals surface area contributed by atoms with E-state index in [0.717, 1.165) is 0 Å². The molecular weight excluding hydrogens is 253 g/mol. The van der Waals surface area contributed by atoms with Gasteiger partial charge in [0.25, 0.3) is 0 Å². The molecule has 8 N–H and O–H groups in total. The van der Waals surface area contributed by atoms with Gasteiger partial charge in [0.2, 0.25) is 0 Å². The minimum absolute atomic E-state index is 0. The van der Waals surface area contributed by atoms with E-state index in [1.807, 2.05) is 0 Å². The summed E-state index contributed by atoms with van der Waals surface area (Å²) in [5.41, 5.74) is 0. The van der Waals surface area contributed by atoms with Crippen LogP contribution in [0.1, 0.15) is 4.28 Å². The van der Waals surface area contributed by atoms with Crippen molar-refractivity contribution in [2.45, 2.75) is 0 Å². The molecule has 0 aliphatic rings. The van der Waals surface area contributed by atoms with Crippen molar-refractivity contribution in [2.24, 2.45) is 0 Å². The summed E-state index contributed by atoms with van der Waals surface area (Å²) in [7, 11) is -9.22. The fourth-order valence-corrected chi connectivity index (χ4v) is 0. The topological polar surface area (TPSA) is 162 Å². The summed E-state index contributed by atoms with van der Waals surface area (Å²) in [6, 6.07) is 0. The van der Waals surface area contributed by atoms with Gasteiger partial charge in [0.1, 0.15) is 0 Å². The molecule has 0 unspecified atom stereocenters. The maximum atomic E-state index is 7.33. The fourth-order valence-electron chi connectivity index (χ4n) is 0. The standard InChI is InChI=1S/3Na.2H4O4Si.3H/c;;;2*1-5(2,3)4;;;/h;;;2*1-4H;;;/q3*+1;;;3*-1. The zero-order chi connectivity index (χ0) is 9.00. The van der Waals surface area contributed by atoms with Gasteiger partial charge in [-0.15, -0.1) is 0 Å². The maximum Gasteiger partial charge on any atom is 1.00 e. The van der Waals surface area contributed by atoms with Crippen LogP contribution in [0.2, 0.25) is 0 Å². The Kier molecular flexibility index (Phi) is 30.2. The van der Waals surface area contributed by atoms with Gasteiger partial charge in [0, 0.05) is 0 Å². The Bertz CT molecular complexity index is 71.5. The van der Waals surface area contributed by atoms with Crippen LogP contribution in [-0.4, -0.2) is 56.5 Å². The molecule has 0 aromatic carbocycles. The predicted octanol–water partition coefficient (Wildman–Crippen LogP) is -13.9. The van der Waals surface area contributed by atoms with E-state index in [9.17, 15) is 0 Å². The van der Waals surface area contributed by atoms with E-state index in [-0.39, 0.29) is 93.0 Å². The van der Waals surface area contributed by atoms with E-state index in [0.29, 0.717) is 0 Å². The Morgan fingerprint density at radius 1 is 0.462 bits per heavy atom.